The van der Waals surface area contributed by atoms with E-state index in [4.69, 9.17) is 17.3 Å². The zero-order chi connectivity index (χ0) is 13.4. The van der Waals surface area contributed by atoms with Crippen LogP contribution in [0.1, 0.15) is 15.2 Å². The van der Waals surface area contributed by atoms with Gasteiger partial charge >= 0.3 is 0 Å². The van der Waals surface area contributed by atoms with Gasteiger partial charge in [-0.05, 0) is 34.4 Å². The largest absolute Gasteiger partial charge is 0.398 e. The Hall–Kier alpha value is -1.84. The number of benzene rings is 2. The summed E-state index contributed by atoms with van der Waals surface area (Å²) in [4.78, 5) is 13.0. The van der Waals surface area contributed by atoms with Crippen molar-refractivity contribution in [1.82, 2.24) is 0 Å². The molecule has 4 heteroatoms. The smallest absolute Gasteiger partial charge is 0.206 e. The van der Waals surface area contributed by atoms with Gasteiger partial charge in [0.05, 0.1) is 9.90 Å². The molecule has 0 saturated carbocycles. The van der Waals surface area contributed by atoms with Crippen LogP contribution >= 0.6 is 22.9 Å². The minimum atomic E-state index is -0.122. The quantitative estimate of drug-likeness (QED) is 0.562. The molecule has 0 atom stereocenters. The summed E-state index contributed by atoms with van der Waals surface area (Å²) in [5, 5.41) is 4.29. The number of thiophene rings is 1. The molecule has 0 bridgehead atoms. The second kappa shape index (κ2) is 4.68. The summed E-state index contributed by atoms with van der Waals surface area (Å²) in [6.07, 6.45) is 0. The monoisotopic (exact) mass is 287 g/mol. The second-order valence-electron chi connectivity index (χ2n) is 4.21. The molecule has 2 nitrogen and oxygen atoms in total. The molecule has 1 aromatic heterocycles. The van der Waals surface area contributed by atoms with Crippen LogP contribution in [-0.2, 0) is 0 Å². The Morgan fingerprint density at radius 1 is 1.11 bits per heavy atom. The van der Waals surface area contributed by atoms with Crippen molar-refractivity contribution >= 4 is 45.2 Å². The number of carbonyl (C=O) groups is 1. The molecule has 0 saturated heterocycles. The fourth-order valence-corrected chi connectivity index (χ4v) is 3.13. The van der Waals surface area contributed by atoms with E-state index in [1.54, 1.807) is 11.4 Å². The lowest BCUT2D eigenvalue weighted by atomic mass is 10.0. The van der Waals surface area contributed by atoms with Crippen LogP contribution in [0.3, 0.4) is 0 Å². The Morgan fingerprint density at radius 2 is 1.79 bits per heavy atom. The number of nitrogen functional groups attached to an aromatic ring is 1. The van der Waals surface area contributed by atoms with E-state index in [2.05, 4.69) is 0 Å². The van der Waals surface area contributed by atoms with Gasteiger partial charge in [-0.2, -0.15) is 0 Å². The van der Waals surface area contributed by atoms with Gasteiger partial charge in [-0.1, -0.05) is 35.9 Å². The second-order valence-corrected chi connectivity index (χ2v) is 5.54. The fraction of sp³-hybridized carbons (Fsp3) is 0. The maximum atomic E-state index is 12.4. The van der Waals surface area contributed by atoms with Crippen molar-refractivity contribution in [2.75, 3.05) is 5.73 Å². The molecule has 0 spiro atoms. The molecule has 0 fully saturated rings. The van der Waals surface area contributed by atoms with Crippen molar-refractivity contribution < 1.29 is 4.79 Å². The summed E-state index contributed by atoms with van der Waals surface area (Å²) in [5.41, 5.74) is 6.97. The molecule has 0 unspecified atom stereocenters. The highest BCUT2D eigenvalue weighted by Crippen LogP contribution is 2.29. The molecule has 19 heavy (non-hydrogen) atoms. The summed E-state index contributed by atoms with van der Waals surface area (Å²) in [6, 6.07) is 13.2. The number of rotatable bonds is 2. The average molecular weight is 288 g/mol. The van der Waals surface area contributed by atoms with Crippen molar-refractivity contribution in [1.29, 1.82) is 0 Å². The molecule has 2 aromatic carbocycles. The summed E-state index contributed by atoms with van der Waals surface area (Å²) < 4.78 is 0. The molecule has 2 N–H and O–H groups in total. The topological polar surface area (TPSA) is 43.1 Å². The van der Waals surface area contributed by atoms with E-state index in [-0.39, 0.29) is 5.78 Å². The summed E-state index contributed by atoms with van der Waals surface area (Å²) in [6.45, 7) is 0. The molecule has 94 valence electrons. The van der Waals surface area contributed by atoms with Gasteiger partial charge in [0.15, 0.2) is 0 Å². The van der Waals surface area contributed by atoms with Crippen molar-refractivity contribution in [3.63, 3.8) is 0 Å². The minimum absolute atomic E-state index is 0.122. The standard InChI is InChI=1S/C15H10ClNOS/c16-12-5-6-19-15(12)14(18)11-7-9-3-1-2-4-10(9)8-13(11)17/h1-8H,17H2. The molecular weight excluding hydrogens is 278 g/mol. The Bertz CT molecular complexity index is 779. The number of hydrogen-bond donors (Lipinski definition) is 1. The van der Waals surface area contributed by atoms with Gasteiger partial charge < -0.3 is 5.73 Å². The van der Waals surface area contributed by atoms with Crippen molar-refractivity contribution in [3.05, 3.63) is 63.3 Å². The summed E-state index contributed by atoms with van der Waals surface area (Å²) in [7, 11) is 0. The number of ketones is 1. The molecule has 0 aliphatic rings. The van der Waals surface area contributed by atoms with E-state index in [1.165, 1.54) is 11.3 Å². The molecule has 3 rings (SSSR count). The Kier molecular flexibility index (Phi) is 3.01. The van der Waals surface area contributed by atoms with Crippen LogP contribution in [0, 0.1) is 0 Å². The van der Waals surface area contributed by atoms with Gasteiger partial charge in [0, 0.05) is 11.3 Å². The van der Waals surface area contributed by atoms with E-state index in [0.717, 1.165) is 10.8 Å². The Labute approximate surface area is 119 Å². The molecule has 0 aliphatic heterocycles. The molecule has 0 amide bonds. The Balaban J connectivity index is 2.17. The first kappa shape index (κ1) is 12.2. The number of anilines is 1. The van der Waals surface area contributed by atoms with Crippen LogP contribution in [0.4, 0.5) is 5.69 Å². The first-order valence-corrected chi connectivity index (χ1v) is 6.98. The zero-order valence-electron chi connectivity index (χ0n) is 9.89. The first-order chi connectivity index (χ1) is 9.16. The molecule has 3 aromatic rings. The maximum Gasteiger partial charge on any atom is 0.206 e. The van der Waals surface area contributed by atoms with Crippen LogP contribution < -0.4 is 5.73 Å². The number of nitrogens with two attached hydrogens (primary N) is 1. The number of carbonyl (C=O) groups excluding carboxylic acids is 1. The van der Waals surface area contributed by atoms with Gasteiger partial charge in [-0.15, -0.1) is 11.3 Å². The zero-order valence-corrected chi connectivity index (χ0v) is 11.5. The minimum Gasteiger partial charge on any atom is -0.398 e. The summed E-state index contributed by atoms with van der Waals surface area (Å²) in [5.74, 6) is -0.122. The van der Waals surface area contributed by atoms with E-state index >= 15 is 0 Å². The van der Waals surface area contributed by atoms with Gasteiger partial charge in [0.1, 0.15) is 0 Å². The van der Waals surface area contributed by atoms with Crippen LogP contribution in [-0.4, -0.2) is 5.78 Å². The van der Waals surface area contributed by atoms with E-state index in [9.17, 15) is 4.79 Å². The van der Waals surface area contributed by atoms with Crippen LogP contribution in [0.25, 0.3) is 10.8 Å². The van der Waals surface area contributed by atoms with Gasteiger partial charge in [-0.3, -0.25) is 4.79 Å². The van der Waals surface area contributed by atoms with E-state index in [1.807, 2.05) is 36.4 Å². The number of hydrogen-bond acceptors (Lipinski definition) is 3. The highest BCUT2D eigenvalue weighted by molar-refractivity contribution is 7.13. The van der Waals surface area contributed by atoms with Crippen LogP contribution in [0.5, 0.6) is 0 Å². The van der Waals surface area contributed by atoms with Gasteiger partial charge in [-0.25, -0.2) is 0 Å². The fourth-order valence-electron chi connectivity index (χ4n) is 2.03. The first-order valence-electron chi connectivity index (χ1n) is 5.73. The van der Waals surface area contributed by atoms with Crippen molar-refractivity contribution in [2.45, 2.75) is 0 Å². The third kappa shape index (κ3) is 2.11. The van der Waals surface area contributed by atoms with Gasteiger partial charge in [0.25, 0.3) is 0 Å². The SMILES string of the molecule is Nc1cc2ccccc2cc1C(=O)c1sccc1Cl. The lowest BCUT2D eigenvalue weighted by Gasteiger charge is -2.06. The van der Waals surface area contributed by atoms with Crippen molar-refractivity contribution in [2.24, 2.45) is 0 Å². The predicted molar refractivity (Wildman–Crippen MR) is 81.1 cm³/mol. The maximum absolute atomic E-state index is 12.4. The molecule has 0 radical (unpaired) electrons. The molecular formula is C15H10ClNOS. The third-order valence-corrected chi connectivity index (χ3v) is 4.33. The van der Waals surface area contributed by atoms with E-state index in [0.29, 0.717) is 21.2 Å². The lowest BCUT2D eigenvalue weighted by Crippen LogP contribution is -2.04. The normalized spacial score (nSPS) is 10.8. The number of halogens is 1. The molecule has 0 aliphatic carbocycles. The lowest BCUT2D eigenvalue weighted by molar-refractivity contribution is 0.104. The van der Waals surface area contributed by atoms with Crippen LogP contribution in [0.2, 0.25) is 5.02 Å². The predicted octanol–water partition coefficient (Wildman–Crippen LogP) is 4.37. The van der Waals surface area contributed by atoms with Crippen LogP contribution in [0.15, 0.2) is 47.8 Å². The third-order valence-electron chi connectivity index (χ3n) is 2.99. The van der Waals surface area contributed by atoms with Gasteiger partial charge in [0.2, 0.25) is 5.78 Å². The Morgan fingerprint density at radius 3 is 2.42 bits per heavy atom. The van der Waals surface area contributed by atoms with E-state index < -0.39 is 0 Å². The molecule has 1 heterocycles. The van der Waals surface area contributed by atoms with Crippen molar-refractivity contribution in [3.8, 4) is 0 Å². The number of fused-ring (bicyclic) bond motifs is 1. The summed E-state index contributed by atoms with van der Waals surface area (Å²) >= 11 is 7.33. The highest BCUT2D eigenvalue weighted by Gasteiger charge is 2.17. The highest BCUT2D eigenvalue weighted by atomic mass is 35.5. The average Bonchev–Trinajstić information content (AvgIpc) is 2.83.